The molecular formula is C35H47Cl2N3O2. The van der Waals surface area contributed by atoms with Crippen LogP contribution in [0.3, 0.4) is 0 Å². The summed E-state index contributed by atoms with van der Waals surface area (Å²) in [4.78, 5) is 18.9. The zero-order chi connectivity index (χ0) is 30.3. The van der Waals surface area contributed by atoms with Crippen LogP contribution in [-0.4, -0.2) is 22.1 Å². The SMILES string of the molecule is CCCCOc1ccc(C[C@H](NC(=O)C2CCC(C(C)(C)C)CC2)c2nc(-c3ccc(Cl)cc3Cl)cn2CCC)cc1. The predicted octanol–water partition coefficient (Wildman–Crippen LogP) is 9.70. The molecule has 228 valence electrons. The van der Waals surface area contributed by atoms with E-state index in [9.17, 15) is 4.79 Å². The lowest BCUT2D eigenvalue weighted by atomic mass is 9.69. The van der Waals surface area contributed by atoms with Gasteiger partial charge in [0.2, 0.25) is 5.91 Å². The summed E-state index contributed by atoms with van der Waals surface area (Å²) >= 11 is 12.8. The van der Waals surface area contributed by atoms with Gasteiger partial charge < -0.3 is 14.6 Å². The molecule has 0 radical (unpaired) electrons. The van der Waals surface area contributed by atoms with Crippen LogP contribution in [0.4, 0.5) is 0 Å². The fourth-order valence-corrected chi connectivity index (χ4v) is 6.47. The van der Waals surface area contributed by atoms with Gasteiger partial charge in [-0.3, -0.25) is 4.79 Å². The average molecular weight is 613 g/mol. The quantitative estimate of drug-likeness (QED) is 0.207. The molecule has 0 aliphatic heterocycles. The van der Waals surface area contributed by atoms with Crippen LogP contribution < -0.4 is 10.1 Å². The van der Waals surface area contributed by atoms with E-state index in [1.54, 1.807) is 6.07 Å². The first-order valence-electron chi connectivity index (χ1n) is 15.6. The number of hydrogen-bond acceptors (Lipinski definition) is 3. The Labute approximate surface area is 262 Å². The molecule has 1 fully saturated rings. The highest BCUT2D eigenvalue weighted by Crippen LogP contribution is 2.40. The van der Waals surface area contributed by atoms with E-state index in [0.717, 1.165) is 86.5 Å². The minimum absolute atomic E-state index is 0.0280. The number of unbranched alkanes of at least 4 members (excludes halogenated alkanes) is 1. The van der Waals surface area contributed by atoms with Crippen molar-refractivity contribution in [1.29, 1.82) is 0 Å². The second-order valence-corrected chi connectivity index (χ2v) is 13.7. The molecule has 1 aromatic heterocycles. The summed E-state index contributed by atoms with van der Waals surface area (Å²) in [6.07, 6.45) is 9.81. The number of hydrogen-bond donors (Lipinski definition) is 1. The van der Waals surface area contributed by atoms with Gasteiger partial charge in [-0.15, -0.1) is 0 Å². The highest BCUT2D eigenvalue weighted by Gasteiger charge is 2.33. The lowest BCUT2D eigenvalue weighted by molar-refractivity contribution is -0.127. The Morgan fingerprint density at radius 3 is 2.38 bits per heavy atom. The van der Waals surface area contributed by atoms with Crippen LogP contribution in [0.1, 0.15) is 97.0 Å². The molecule has 2 aromatic carbocycles. The molecule has 1 atom stereocenters. The van der Waals surface area contributed by atoms with E-state index in [0.29, 0.717) is 22.4 Å². The molecule has 1 aliphatic carbocycles. The Hall–Kier alpha value is -2.50. The first-order chi connectivity index (χ1) is 20.1. The molecule has 1 amide bonds. The first kappa shape index (κ1) is 32.4. The molecule has 0 spiro atoms. The number of amides is 1. The van der Waals surface area contributed by atoms with Crippen LogP contribution in [-0.2, 0) is 17.8 Å². The topological polar surface area (TPSA) is 56.1 Å². The normalized spacial score (nSPS) is 18.1. The van der Waals surface area contributed by atoms with E-state index >= 15 is 0 Å². The maximum Gasteiger partial charge on any atom is 0.223 e. The Bertz CT molecular complexity index is 1300. The molecule has 42 heavy (non-hydrogen) atoms. The first-order valence-corrected chi connectivity index (χ1v) is 16.4. The number of imidazole rings is 1. The molecule has 0 bridgehead atoms. The molecule has 1 heterocycles. The van der Waals surface area contributed by atoms with Crippen molar-refractivity contribution < 1.29 is 9.53 Å². The molecule has 4 rings (SSSR count). The monoisotopic (exact) mass is 611 g/mol. The molecule has 1 saturated carbocycles. The number of benzene rings is 2. The number of nitrogens with one attached hydrogen (secondary N) is 1. The maximum absolute atomic E-state index is 13.8. The van der Waals surface area contributed by atoms with Crippen LogP contribution in [0.15, 0.2) is 48.7 Å². The van der Waals surface area contributed by atoms with Gasteiger partial charge in [-0.25, -0.2) is 4.98 Å². The summed E-state index contributed by atoms with van der Waals surface area (Å²) in [7, 11) is 0. The van der Waals surface area contributed by atoms with Crippen LogP contribution in [0.25, 0.3) is 11.3 Å². The van der Waals surface area contributed by atoms with Gasteiger partial charge in [-0.05, 0) is 92.2 Å². The standard InChI is InChI=1S/C35H47Cl2N3O2/c1-6-8-20-42-28-16-9-24(10-17-28)21-31(39-34(41)25-11-13-26(14-12-25)35(3,4)5)33-38-32(23-40(33)19-7-2)29-18-15-27(36)22-30(29)37/h9-10,15-18,22-23,25-26,31H,6-8,11-14,19-21H2,1-5H3,(H,39,41)/t25?,26?,31-/m0/s1. The molecule has 0 saturated heterocycles. The van der Waals surface area contributed by atoms with Crippen molar-refractivity contribution in [3.8, 4) is 17.0 Å². The van der Waals surface area contributed by atoms with Crippen molar-refractivity contribution in [1.82, 2.24) is 14.9 Å². The fraction of sp³-hybridized carbons (Fsp3) is 0.543. The third kappa shape index (κ3) is 8.54. The van der Waals surface area contributed by atoms with Gasteiger partial charge in [0.05, 0.1) is 23.4 Å². The molecule has 1 N–H and O–H groups in total. The van der Waals surface area contributed by atoms with Crippen LogP contribution in [0.2, 0.25) is 10.0 Å². The van der Waals surface area contributed by atoms with Crippen LogP contribution in [0.5, 0.6) is 5.75 Å². The molecule has 1 aliphatic rings. The third-order valence-corrected chi connectivity index (χ3v) is 9.11. The lowest BCUT2D eigenvalue weighted by Crippen LogP contribution is -2.38. The van der Waals surface area contributed by atoms with Crippen molar-refractivity contribution in [2.24, 2.45) is 17.3 Å². The van der Waals surface area contributed by atoms with Crippen LogP contribution >= 0.6 is 23.2 Å². The lowest BCUT2D eigenvalue weighted by Gasteiger charge is -2.36. The summed E-state index contributed by atoms with van der Waals surface area (Å²) in [5.41, 5.74) is 3.01. The Balaban J connectivity index is 1.61. The van der Waals surface area contributed by atoms with E-state index in [-0.39, 0.29) is 23.3 Å². The fourth-order valence-electron chi connectivity index (χ4n) is 5.97. The second-order valence-electron chi connectivity index (χ2n) is 12.8. The Morgan fingerprint density at radius 1 is 1.05 bits per heavy atom. The molecule has 5 nitrogen and oxygen atoms in total. The highest BCUT2D eigenvalue weighted by atomic mass is 35.5. The molecular weight excluding hydrogens is 565 g/mol. The third-order valence-electron chi connectivity index (χ3n) is 8.56. The smallest absolute Gasteiger partial charge is 0.223 e. The van der Waals surface area contributed by atoms with Gasteiger partial charge in [0.25, 0.3) is 0 Å². The van der Waals surface area contributed by atoms with E-state index in [2.05, 4.69) is 56.6 Å². The minimum atomic E-state index is -0.281. The van der Waals surface area contributed by atoms with Crippen molar-refractivity contribution >= 4 is 29.1 Å². The summed E-state index contributed by atoms with van der Waals surface area (Å²) in [5.74, 6) is 2.53. The summed E-state index contributed by atoms with van der Waals surface area (Å²) in [6, 6.07) is 13.4. The van der Waals surface area contributed by atoms with E-state index in [4.69, 9.17) is 32.9 Å². The van der Waals surface area contributed by atoms with Gasteiger partial charge in [-0.1, -0.05) is 76.4 Å². The molecule has 7 heteroatoms. The van der Waals surface area contributed by atoms with Gasteiger partial charge >= 0.3 is 0 Å². The van der Waals surface area contributed by atoms with Crippen molar-refractivity contribution in [2.45, 2.75) is 98.6 Å². The van der Waals surface area contributed by atoms with Crippen LogP contribution in [0, 0.1) is 17.3 Å². The van der Waals surface area contributed by atoms with Crippen molar-refractivity contribution in [2.75, 3.05) is 6.61 Å². The summed E-state index contributed by atoms with van der Waals surface area (Å²) < 4.78 is 8.05. The largest absolute Gasteiger partial charge is 0.494 e. The summed E-state index contributed by atoms with van der Waals surface area (Å²) in [5, 5.41) is 4.59. The van der Waals surface area contributed by atoms with E-state index in [1.807, 2.05) is 30.5 Å². The number of halogens is 2. The zero-order valence-corrected chi connectivity index (χ0v) is 27.4. The second kappa shape index (κ2) is 14.8. The number of ether oxygens (including phenoxy) is 1. The Kier molecular flexibility index (Phi) is 11.4. The van der Waals surface area contributed by atoms with Crippen molar-refractivity contribution in [3.05, 3.63) is 70.1 Å². The summed E-state index contributed by atoms with van der Waals surface area (Å²) in [6.45, 7) is 12.8. The number of aromatic nitrogens is 2. The van der Waals surface area contributed by atoms with Gasteiger partial charge in [0.1, 0.15) is 11.6 Å². The predicted molar refractivity (Wildman–Crippen MR) is 174 cm³/mol. The van der Waals surface area contributed by atoms with Gasteiger partial charge in [0, 0.05) is 29.2 Å². The van der Waals surface area contributed by atoms with E-state index in [1.165, 1.54) is 0 Å². The number of nitrogens with zero attached hydrogens (tertiary/aromatic N) is 2. The molecule has 0 unspecified atom stereocenters. The van der Waals surface area contributed by atoms with Crippen molar-refractivity contribution in [3.63, 3.8) is 0 Å². The number of aryl methyl sites for hydroxylation is 1. The van der Waals surface area contributed by atoms with Gasteiger partial charge in [0.15, 0.2) is 0 Å². The number of carbonyl (C=O) groups is 1. The highest BCUT2D eigenvalue weighted by molar-refractivity contribution is 6.36. The number of rotatable bonds is 12. The maximum atomic E-state index is 13.8. The molecule has 3 aromatic rings. The Morgan fingerprint density at radius 2 is 1.76 bits per heavy atom. The van der Waals surface area contributed by atoms with Gasteiger partial charge in [-0.2, -0.15) is 0 Å². The number of carbonyl (C=O) groups excluding carboxylic acids is 1. The average Bonchev–Trinajstić information content (AvgIpc) is 3.37. The van der Waals surface area contributed by atoms with E-state index < -0.39 is 0 Å². The minimum Gasteiger partial charge on any atom is -0.494 e. The zero-order valence-electron chi connectivity index (χ0n) is 25.9.